The third-order valence-electron chi connectivity index (χ3n) is 4.55. The van der Waals surface area contributed by atoms with Crippen molar-refractivity contribution in [3.05, 3.63) is 57.8 Å². The quantitative estimate of drug-likeness (QED) is 0.792. The van der Waals surface area contributed by atoms with E-state index in [1.165, 1.54) is 0 Å². The van der Waals surface area contributed by atoms with Gasteiger partial charge in [0.25, 0.3) is 0 Å². The zero-order chi connectivity index (χ0) is 16.8. The molecule has 0 N–H and O–H groups in total. The van der Waals surface area contributed by atoms with E-state index in [-0.39, 0.29) is 5.78 Å². The molecule has 2 aromatic rings. The molecule has 4 rings (SSSR count). The normalized spacial score (nSPS) is 15.0. The van der Waals surface area contributed by atoms with E-state index in [9.17, 15) is 4.79 Å². The monoisotopic (exact) mass is 381 g/mol. The molecule has 2 heterocycles. The number of carbonyl (C=O) groups excluding carboxylic acids is 1. The van der Waals surface area contributed by atoms with Gasteiger partial charge in [0.1, 0.15) is 5.69 Å². The van der Waals surface area contributed by atoms with Gasteiger partial charge in [0.05, 0.1) is 15.9 Å². The Bertz CT molecular complexity index is 926. The molecule has 120 valence electrons. The predicted octanol–water partition coefficient (Wildman–Crippen LogP) is 4.36. The second kappa shape index (κ2) is 5.67. The van der Waals surface area contributed by atoms with Gasteiger partial charge >= 0.3 is 0 Å². The average Bonchev–Trinajstić information content (AvgIpc) is 3.00. The van der Waals surface area contributed by atoms with E-state index in [4.69, 9.17) is 4.99 Å². The van der Waals surface area contributed by atoms with Crippen molar-refractivity contribution in [1.82, 2.24) is 4.98 Å². The Morgan fingerprint density at radius 3 is 2.67 bits per heavy atom. The van der Waals surface area contributed by atoms with Crippen LogP contribution in [-0.2, 0) is 0 Å². The molecule has 0 saturated heterocycles. The predicted molar refractivity (Wildman–Crippen MR) is 101 cm³/mol. The lowest BCUT2D eigenvalue weighted by Crippen LogP contribution is -2.21. The topological polar surface area (TPSA) is 45.6 Å². The summed E-state index contributed by atoms with van der Waals surface area (Å²) in [5.74, 6) is -0.0831. The minimum absolute atomic E-state index is 0.0831. The van der Waals surface area contributed by atoms with Crippen molar-refractivity contribution in [1.29, 1.82) is 0 Å². The van der Waals surface area contributed by atoms with Gasteiger partial charge in [-0.15, -0.1) is 0 Å². The standard InChI is InChI=1S/C19H16BrN3O/c1-3-23(4-2)11-7-8-12-14(10-11)22-17-13-6-5-9-21-18(13)19(24)16(20)15(12)17/h5-10H,3-4H2,1-2H3. The Morgan fingerprint density at radius 1 is 1.12 bits per heavy atom. The van der Waals surface area contributed by atoms with Gasteiger partial charge in [0.15, 0.2) is 0 Å². The molecule has 5 heteroatoms. The van der Waals surface area contributed by atoms with Gasteiger partial charge in [-0.2, -0.15) is 0 Å². The van der Waals surface area contributed by atoms with Crippen LogP contribution in [0.3, 0.4) is 0 Å². The lowest BCUT2D eigenvalue weighted by molar-refractivity contribution is 0.103. The van der Waals surface area contributed by atoms with E-state index in [0.717, 1.165) is 46.9 Å². The first-order valence-corrected chi connectivity index (χ1v) is 8.83. The van der Waals surface area contributed by atoms with E-state index in [1.54, 1.807) is 6.20 Å². The number of carbonyl (C=O) groups is 1. The fourth-order valence-corrected chi connectivity index (χ4v) is 3.91. The van der Waals surface area contributed by atoms with Crippen LogP contribution >= 0.6 is 15.9 Å². The number of aromatic nitrogens is 1. The number of fused-ring (bicyclic) bond motifs is 5. The Balaban J connectivity index is 1.92. The van der Waals surface area contributed by atoms with Crippen LogP contribution in [0, 0.1) is 0 Å². The zero-order valence-corrected chi connectivity index (χ0v) is 15.1. The van der Waals surface area contributed by atoms with Crippen LogP contribution in [-0.4, -0.2) is 29.6 Å². The third-order valence-corrected chi connectivity index (χ3v) is 5.30. The lowest BCUT2D eigenvalue weighted by Gasteiger charge is -2.21. The molecule has 0 radical (unpaired) electrons. The van der Waals surface area contributed by atoms with Crippen LogP contribution in [0.4, 0.5) is 11.4 Å². The number of aliphatic imine (C=N–C) groups is 1. The molecule has 1 aromatic heterocycles. The second-order valence-corrected chi connectivity index (χ2v) is 6.54. The summed E-state index contributed by atoms with van der Waals surface area (Å²) in [4.78, 5) is 24.0. The number of benzene rings is 1. The number of ketones is 1. The Labute approximate surface area is 149 Å². The Kier molecular flexibility index (Phi) is 3.61. The summed E-state index contributed by atoms with van der Waals surface area (Å²) >= 11 is 3.47. The SMILES string of the molecule is CCN(CC)c1ccc2c(c1)N=C1C2=C(Br)C(=O)c2ncccc21. The molecule has 0 fully saturated rings. The molecule has 0 saturated carbocycles. The van der Waals surface area contributed by atoms with Gasteiger partial charge in [0, 0.05) is 41.7 Å². The smallest absolute Gasteiger partial charge is 0.219 e. The summed E-state index contributed by atoms with van der Waals surface area (Å²) in [6.07, 6.45) is 1.64. The number of anilines is 1. The first-order chi connectivity index (χ1) is 11.7. The number of Topliss-reactive ketones (excluding diaryl/α,β-unsaturated/α-hetero) is 1. The minimum atomic E-state index is -0.0831. The molecule has 0 amide bonds. The van der Waals surface area contributed by atoms with Gasteiger partial charge in [-0.25, -0.2) is 4.99 Å². The summed E-state index contributed by atoms with van der Waals surface area (Å²) in [6.45, 7) is 6.18. The maximum absolute atomic E-state index is 12.6. The number of pyridine rings is 1. The van der Waals surface area contributed by atoms with Crippen LogP contribution in [0.5, 0.6) is 0 Å². The van der Waals surface area contributed by atoms with Crippen molar-refractivity contribution in [3.63, 3.8) is 0 Å². The number of rotatable bonds is 3. The molecule has 2 aliphatic rings. The molecule has 1 aromatic carbocycles. The summed E-state index contributed by atoms with van der Waals surface area (Å²) in [5, 5.41) is 0. The minimum Gasteiger partial charge on any atom is -0.372 e. The average molecular weight is 382 g/mol. The van der Waals surface area contributed by atoms with Gasteiger partial charge in [-0.1, -0.05) is 6.07 Å². The highest BCUT2D eigenvalue weighted by atomic mass is 79.9. The molecule has 1 aliphatic carbocycles. The molecule has 1 aliphatic heterocycles. The van der Waals surface area contributed by atoms with Gasteiger partial charge in [-0.05, 0) is 54.0 Å². The summed E-state index contributed by atoms with van der Waals surface area (Å²) in [6, 6.07) is 10.0. The number of halogens is 1. The van der Waals surface area contributed by atoms with Crippen molar-refractivity contribution in [2.75, 3.05) is 18.0 Å². The van der Waals surface area contributed by atoms with E-state index >= 15 is 0 Å². The van der Waals surface area contributed by atoms with Crippen molar-refractivity contribution in [2.24, 2.45) is 4.99 Å². The number of nitrogens with zero attached hydrogens (tertiary/aromatic N) is 3. The van der Waals surface area contributed by atoms with E-state index in [1.807, 2.05) is 12.1 Å². The number of hydrogen-bond donors (Lipinski definition) is 0. The largest absolute Gasteiger partial charge is 0.372 e. The summed E-state index contributed by atoms with van der Waals surface area (Å²) < 4.78 is 0.543. The van der Waals surface area contributed by atoms with Gasteiger partial charge < -0.3 is 4.90 Å². The molecule has 0 spiro atoms. The van der Waals surface area contributed by atoms with Crippen LogP contribution in [0.15, 0.2) is 46.0 Å². The van der Waals surface area contributed by atoms with Crippen LogP contribution in [0.1, 0.15) is 35.5 Å². The zero-order valence-electron chi connectivity index (χ0n) is 13.5. The Morgan fingerprint density at radius 2 is 1.92 bits per heavy atom. The molecule has 0 bridgehead atoms. The number of allylic oxidation sites excluding steroid dienone is 2. The highest BCUT2D eigenvalue weighted by molar-refractivity contribution is 9.12. The van der Waals surface area contributed by atoms with Gasteiger partial charge in [0.2, 0.25) is 5.78 Å². The summed E-state index contributed by atoms with van der Waals surface area (Å²) in [7, 11) is 0. The molecule has 0 atom stereocenters. The fourth-order valence-electron chi connectivity index (χ4n) is 3.33. The van der Waals surface area contributed by atoms with Crippen molar-refractivity contribution < 1.29 is 4.79 Å². The highest BCUT2D eigenvalue weighted by Crippen LogP contribution is 2.45. The lowest BCUT2D eigenvalue weighted by atomic mass is 9.90. The van der Waals surface area contributed by atoms with Gasteiger partial charge in [-0.3, -0.25) is 9.78 Å². The van der Waals surface area contributed by atoms with Crippen LogP contribution in [0.2, 0.25) is 0 Å². The fraction of sp³-hybridized carbons (Fsp3) is 0.211. The van der Waals surface area contributed by atoms with Crippen molar-refractivity contribution in [2.45, 2.75) is 13.8 Å². The molecular formula is C19H16BrN3O. The van der Waals surface area contributed by atoms with Crippen molar-refractivity contribution in [3.8, 4) is 0 Å². The van der Waals surface area contributed by atoms with Crippen LogP contribution < -0.4 is 4.90 Å². The first kappa shape index (κ1) is 15.3. The number of hydrogen-bond acceptors (Lipinski definition) is 4. The second-order valence-electron chi connectivity index (χ2n) is 5.75. The highest BCUT2D eigenvalue weighted by Gasteiger charge is 2.35. The molecule has 24 heavy (non-hydrogen) atoms. The van der Waals surface area contributed by atoms with E-state index in [0.29, 0.717) is 10.2 Å². The van der Waals surface area contributed by atoms with Crippen molar-refractivity contribution >= 4 is 44.4 Å². The first-order valence-electron chi connectivity index (χ1n) is 8.04. The Hall–Kier alpha value is -2.27. The van der Waals surface area contributed by atoms with E-state index < -0.39 is 0 Å². The molecule has 4 nitrogen and oxygen atoms in total. The van der Waals surface area contributed by atoms with Crippen LogP contribution in [0.25, 0.3) is 5.57 Å². The van der Waals surface area contributed by atoms with E-state index in [2.05, 4.69) is 57.9 Å². The maximum Gasteiger partial charge on any atom is 0.219 e. The molecule has 0 unspecified atom stereocenters. The maximum atomic E-state index is 12.6. The molecular weight excluding hydrogens is 366 g/mol. The summed E-state index contributed by atoms with van der Waals surface area (Å²) in [5.41, 5.74) is 6.03. The third kappa shape index (κ3) is 2.08.